The maximum Gasteiger partial charge on any atom is 0.233 e. The van der Waals surface area contributed by atoms with E-state index in [2.05, 4.69) is 79.2 Å². The second-order valence-corrected chi connectivity index (χ2v) is 7.47. The zero-order chi connectivity index (χ0) is 17.0. The highest BCUT2D eigenvalue weighted by Gasteiger charge is 2.20. The third-order valence-corrected chi connectivity index (χ3v) is 5.95. The summed E-state index contributed by atoms with van der Waals surface area (Å²) in [6.07, 6.45) is 0. The summed E-state index contributed by atoms with van der Waals surface area (Å²) in [5.74, 6) is 0. The number of pyridine rings is 2. The van der Waals surface area contributed by atoms with E-state index in [1.165, 1.54) is 37.8 Å². The summed E-state index contributed by atoms with van der Waals surface area (Å²) < 4.78 is 3.59. The Morgan fingerprint density at radius 2 is 1.72 bits per heavy atom. The number of aromatic nitrogens is 2. The number of nitrogens with zero attached hydrogens (tertiary/aromatic N) is 2. The molecule has 3 aromatic heterocycles. The van der Waals surface area contributed by atoms with Crippen molar-refractivity contribution in [1.82, 2.24) is 4.98 Å². The van der Waals surface area contributed by atoms with Crippen LogP contribution in [0, 0.1) is 6.92 Å². The van der Waals surface area contributed by atoms with Crippen LogP contribution in [0.4, 0.5) is 0 Å². The molecule has 3 heterocycles. The topological polar surface area (TPSA) is 16.8 Å². The predicted octanol–water partition coefficient (Wildman–Crippen LogP) is 5.40. The summed E-state index contributed by atoms with van der Waals surface area (Å²) in [4.78, 5) is 5.98. The van der Waals surface area contributed by atoms with Gasteiger partial charge in [0.05, 0.1) is 10.9 Å². The molecule has 0 saturated heterocycles. The summed E-state index contributed by atoms with van der Waals surface area (Å²) in [5.41, 5.74) is 6.13. The van der Waals surface area contributed by atoms with E-state index in [1.54, 1.807) is 11.3 Å². The van der Waals surface area contributed by atoms with Crippen molar-refractivity contribution in [3.63, 3.8) is 0 Å². The Labute approximate surface area is 150 Å². The maximum atomic E-state index is 4.88. The minimum absolute atomic E-state index is 1.06. The van der Waals surface area contributed by atoms with Crippen LogP contribution in [0.2, 0.25) is 0 Å². The van der Waals surface area contributed by atoms with Crippen molar-refractivity contribution in [1.29, 1.82) is 0 Å². The third kappa shape index (κ3) is 2.16. The average Bonchev–Trinajstić information content (AvgIpc) is 2.99. The van der Waals surface area contributed by atoms with Gasteiger partial charge >= 0.3 is 0 Å². The molecule has 0 spiro atoms. The Hall–Kier alpha value is -2.78. The van der Waals surface area contributed by atoms with Crippen molar-refractivity contribution in [2.45, 2.75) is 6.92 Å². The number of rotatable bonds is 1. The van der Waals surface area contributed by atoms with Gasteiger partial charge in [0.15, 0.2) is 0 Å². The molecule has 120 valence electrons. The standard InChI is InChI=1S/C22H17N2S/c1-14-7-3-5-9-16(14)19-11-12-20-21(24(19)2)17-13-15-8-4-6-10-18(15)23-22(17)25-20/h3-13H,1-2H3/q+1. The predicted molar refractivity (Wildman–Crippen MR) is 106 cm³/mol. The van der Waals surface area contributed by atoms with Crippen LogP contribution in [0.25, 0.3) is 42.6 Å². The van der Waals surface area contributed by atoms with Gasteiger partial charge in [0.1, 0.15) is 16.6 Å². The molecule has 0 fully saturated rings. The van der Waals surface area contributed by atoms with Crippen molar-refractivity contribution in [3.05, 3.63) is 72.3 Å². The molecule has 2 nitrogen and oxygen atoms in total. The Morgan fingerprint density at radius 3 is 2.60 bits per heavy atom. The van der Waals surface area contributed by atoms with E-state index in [0.717, 1.165) is 10.3 Å². The molecule has 25 heavy (non-hydrogen) atoms. The zero-order valence-electron chi connectivity index (χ0n) is 14.2. The molecule has 0 N–H and O–H groups in total. The Bertz CT molecular complexity index is 1270. The first-order chi connectivity index (χ1) is 12.2. The highest BCUT2D eigenvalue weighted by molar-refractivity contribution is 7.25. The lowest BCUT2D eigenvalue weighted by atomic mass is 10.0. The lowest BCUT2D eigenvalue weighted by molar-refractivity contribution is -0.632. The smallest absolute Gasteiger partial charge is 0.233 e. The van der Waals surface area contributed by atoms with Gasteiger partial charge in [0.2, 0.25) is 11.2 Å². The van der Waals surface area contributed by atoms with E-state index in [1.807, 2.05) is 6.07 Å². The number of aryl methyl sites for hydroxylation is 2. The zero-order valence-corrected chi connectivity index (χ0v) is 15.0. The van der Waals surface area contributed by atoms with Crippen LogP contribution >= 0.6 is 11.3 Å². The molecule has 0 aliphatic heterocycles. The van der Waals surface area contributed by atoms with Gasteiger partial charge in [-0.05, 0) is 36.8 Å². The summed E-state index contributed by atoms with van der Waals surface area (Å²) in [6, 6.07) is 23.6. The fourth-order valence-electron chi connectivity index (χ4n) is 3.61. The van der Waals surface area contributed by atoms with Crippen LogP contribution in [-0.2, 0) is 7.05 Å². The number of thiophene rings is 1. The lowest BCUT2D eigenvalue weighted by Crippen LogP contribution is -2.31. The molecule has 0 atom stereocenters. The van der Waals surface area contributed by atoms with Crippen LogP contribution in [0.15, 0.2) is 66.7 Å². The molecule has 5 aromatic rings. The molecule has 0 unspecified atom stereocenters. The Kier molecular flexibility index (Phi) is 3.12. The second-order valence-electron chi connectivity index (χ2n) is 6.44. The molecule has 0 aliphatic rings. The first kappa shape index (κ1) is 14.6. The number of benzene rings is 2. The molecule has 0 aliphatic carbocycles. The van der Waals surface area contributed by atoms with E-state index in [-0.39, 0.29) is 0 Å². The van der Waals surface area contributed by atoms with Crippen molar-refractivity contribution in [2.75, 3.05) is 0 Å². The minimum atomic E-state index is 1.06. The van der Waals surface area contributed by atoms with Gasteiger partial charge < -0.3 is 0 Å². The van der Waals surface area contributed by atoms with E-state index >= 15 is 0 Å². The normalized spacial score (nSPS) is 11.6. The molecule has 3 heteroatoms. The van der Waals surface area contributed by atoms with Crippen molar-refractivity contribution in [3.8, 4) is 11.3 Å². The molecule has 0 radical (unpaired) electrons. The number of hydrogen-bond donors (Lipinski definition) is 0. The first-order valence-corrected chi connectivity index (χ1v) is 9.21. The summed E-state index contributed by atoms with van der Waals surface area (Å²) in [5, 5.41) is 2.42. The van der Waals surface area contributed by atoms with Gasteiger partial charge in [0.25, 0.3) is 0 Å². The average molecular weight is 341 g/mol. The number of hydrogen-bond acceptors (Lipinski definition) is 2. The second kappa shape index (κ2) is 5.36. The number of para-hydroxylation sites is 1. The summed E-state index contributed by atoms with van der Waals surface area (Å²) in [7, 11) is 2.16. The molecule has 0 saturated carbocycles. The fraction of sp³-hybridized carbons (Fsp3) is 0.0909. The van der Waals surface area contributed by atoms with Crippen LogP contribution < -0.4 is 4.57 Å². The summed E-state index contributed by atoms with van der Waals surface area (Å²) >= 11 is 1.77. The number of fused-ring (bicyclic) bond motifs is 4. The Morgan fingerprint density at radius 1 is 0.920 bits per heavy atom. The SMILES string of the molecule is Cc1ccccc1-c1ccc2sc3nc4ccccc4cc3c2[n+]1C. The Balaban J connectivity index is 1.89. The van der Waals surface area contributed by atoms with Crippen molar-refractivity contribution < 1.29 is 4.57 Å². The molecule has 5 rings (SSSR count). The van der Waals surface area contributed by atoms with E-state index < -0.39 is 0 Å². The minimum Gasteiger partial charge on any atom is -0.237 e. The highest BCUT2D eigenvalue weighted by Crippen LogP contribution is 2.34. The van der Waals surface area contributed by atoms with Gasteiger partial charge in [-0.15, -0.1) is 11.3 Å². The van der Waals surface area contributed by atoms with Crippen molar-refractivity contribution in [2.24, 2.45) is 7.05 Å². The quantitative estimate of drug-likeness (QED) is 0.373. The van der Waals surface area contributed by atoms with Crippen LogP contribution in [0.5, 0.6) is 0 Å². The van der Waals surface area contributed by atoms with Crippen LogP contribution in [0.1, 0.15) is 5.56 Å². The molecular formula is C22H17N2S+. The highest BCUT2D eigenvalue weighted by atomic mass is 32.1. The van der Waals surface area contributed by atoms with Gasteiger partial charge in [-0.1, -0.05) is 36.4 Å². The fourth-order valence-corrected chi connectivity index (χ4v) is 4.70. The summed E-state index contributed by atoms with van der Waals surface area (Å²) in [6.45, 7) is 2.17. The molecule has 0 amide bonds. The van der Waals surface area contributed by atoms with E-state index in [4.69, 9.17) is 4.98 Å². The largest absolute Gasteiger partial charge is 0.237 e. The van der Waals surface area contributed by atoms with Gasteiger partial charge in [-0.3, -0.25) is 0 Å². The monoisotopic (exact) mass is 341 g/mol. The maximum absolute atomic E-state index is 4.88. The third-order valence-electron chi connectivity index (χ3n) is 4.89. The van der Waals surface area contributed by atoms with Crippen LogP contribution in [0.3, 0.4) is 0 Å². The lowest BCUT2D eigenvalue weighted by Gasteiger charge is -2.05. The van der Waals surface area contributed by atoms with Crippen LogP contribution in [-0.4, -0.2) is 4.98 Å². The van der Waals surface area contributed by atoms with Gasteiger partial charge in [0, 0.05) is 17.0 Å². The van der Waals surface area contributed by atoms with Gasteiger partial charge in [-0.25, -0.2) is 4.98 Å². The van der Waals surface area contributed by atoms with Gasteiger partial charge in [-0.2, -0.15) is 4.57 Å². The van der Waals surface area contributed by atoms with Crippen molar-refractivity contribution >= 4 is 42.7 Å². The van der Waals surface area contributed by atoms with E-state index in [9.17, 15) is 0 Å². The first-order valence-electron chi connectivity index (χ1n) is 8.39. The molecule has 2 aromatic carbocycles. The van der Waals surface area contributed by atoms with E-state index in [0.29, 0.717) is 0 Å². The molecular weight excluding hydrogens is 324 g/mol. The molecule has 0 bridgehead atoms.